The third kappa shape index (κ3) is 6.17. The second-order valence-electron chi connectivity index (χ2n) is 6.23. The lowest BCUT2D eigenvalue weighted by molar-refractivity contribution is -0.133. The molecule has 1 atom stereocenters. The monoisotopic (exact) mass is 399 g/mol. The van der Waals surface area contributed by atoms with E-state index in [1.807, 2.05) is 29.2 Å². The summed E-state index contributed by atoms with van der Waals surface area (Å²) in [4.78, 5) is 14.7. The van der Waals surface area contributed by atoms with Gasteiger partial charge in [0.2, 0.25) is 5.91 Å². The molecule has 0 fully saturated rings. The maximum Gasteiger partial charge on any atom is 0.223 e. The molecule has 0 N–H and O–H groups in total. The molecule has 25 heavy (non-hydrogen) atoms. The number of carbonyl (C=O) groups excluding carboxylic acids is 1. The molecule has 2 rings (SSSR count). The first-order chi connectivity index (χ1) is 12.1. The highest BCUT2D eigenvalue weighted by atomic mass is 79.9. The van der Waals surface area contributed by atoms with Crippen molar-refractivity contribution in [2.24, 2.45) is 0 Å². The molecule has 2 aromatic rings. The molecule has 132 valence electrons. The van der Waals surface area contributed by atoms with E-state index < -0.39 is 0 Å². The van der Waals surface area contributed by atoms with Gasteiger partial charge in [0.25, 0.3) is 0 Å². The summed E-state index contributed by atoms with van der Waals surface area (Å²) >= 11 is 3.47. The lowest BCUT2D eigenvalue weighted by Gasteiger charge is -2.30. The Morgan fingerprint density at radius 3 is 2.48 bits per heavy atom. The molecule has 1 amide bonds. The molecular formula is C22H26BrNO. The van der Waals surface area contributed by atoms with Crippen molar-refractivity contribution in [3.63, 3.8) is 0 Å². The Hall–Kier alpha value is -1.87. The van der Waals surface area contributed by atoms with Crippen molar-refractivity contribution in [2.75, 3.05) is 6.54 Å². The maximum atomic E-state index is 12.7. The minimum atomic E-state index is 0.0705. The molecule has 0 unspecified atom stereocenters. The Morgan fingerprint density at radius 2 is 1.84 bits per heavy atom. The molecule has 2 nitrogen and oxygen atoms in total. The molecule has 0 aliphatic carbocycles. The van der Waals surface area contributed by atoms with Crippen molar-refractivity contribution in [2.45, 2.75) is 38.6 Å². The zero-order chi connectivity index (χ0) is 18.1. The highest BCUT2D eigenvalue weighted by Gasteiger charge is 2.20. The second-order valence-corrected chi connectivity index (χ2v) is 7.15. The molecule has 0 saturated carbocycles. The fourth-order valence-electron chi connectivity index (χ4n) is 2.92. The number of nitrogens with zero attached hydrogens (tertiary/aromatic N) is 1. The normalized spacial score (nSPS) is 11.8. The van der Waals surface area contributed by atoms with E-state index >= 15 is 0 Å². The van der Waals surface area contributed by atoms with Crippen LogP contribution in [0.2, 0.25) is 0 Å². The van der Waals surface area contributed by atoms with Gasteiger partial charge in [0.05, 0.1) is 6.04 Å². The molecule has 2 aromatic carbocycles. The second kappa shape index (κ2) is 10.2. The summed E-state index contributed by atoms with van der Waals surface area (Å²) in [6, 6.07) is 18.7. The summed E-state index contributed by atoms with van der Waals surface area (Å²) in [5, 5.41) is 0. The highest BCUT2D eigenvalue weighted by Crippen LogP contribution is 2.24. The SMILES string of the molecule is C=CCCC(=O)N(CCCc1ccccc1)[C@@H](C)c1ccc(Br)cc1. The standard InChI is InChI=1S/C22H26BrNO/c1-3-4-12-22(25)24(17-8-11-19-9-6-5-7-10-19)18(2)20-13-15-21(23)16-14-20/h3,5-7,9-10,13-16,18H,1,4,8,11-12,17H2,2H3/t18-/m0/s1. The third-order valence-corrected chi connectivity index (χ3v) is 4.94. The van der Waals surface area contributed by atoms with Crippen molar-refractivity contribution in [1.82, 2.24) is 4.90 Å². The van der Waals surface area contributed by atoms with Gasteiger partial charge >= 0.3 is 0 Å². The van der Waals surface area contributed by atoms with Crippen molar-refractivity contribution in [3.05, 3.63) is 82.9 Å². The van der Waals surface area contributed by atoms with Crippen molar-refractivity contribution in [3.8, 4) is 0 Å². The fraction of sp³-hybridized carbons (Fsp3) is 0.318. The van der Waals surface area contributed by atoms with Crippen LogP contribution in [0, 0.1) is 0 Å². The quantitative estimate of drug-likeness (QED) is 0.477. The van der Waals surface area contributed by atoms with Gasteiger partial charge in [-0.1, -0.05) is 64.5 Å². The first-order valence-corrected chi connectivity index (χ1v) is 9.61. The Labute approximate surface area is 159 Å². The van der Waals surface area contributed by atoms with E-state index in [2.05, 4.69) is 65.8 Å². The van der Waals surface area contributed by atoms with E-state index in [0.717, 1.165) is 35.8 Å². The van der Waals surface area contributed by atoms with E-state index in [1.165, 1.54) is 5.56 Å². The molecule has 0 aliphatic heterocycles. The number of benzene rings is 2. The zero-order valence-corrected chi connectivity index (χ0v) is 16.4. The van der Waals surface area contributed by atoms with Crippen LogP contribution in [0.3, 0.4) is 0 Å². The van der Waals surface area contributed by atoms with E-state index in [9.17, 15) is 4.79 Å². The molecule has 0 bridgehead atoms. The van der Waals surface area contributed by atoms with Gasteiger partial charge in [0, 0.05) is 17.4 Å². The average Bonchev–Trinajstić information content (AvgIpc) is 2.64. The Balaban J connectivity index is 2.04. The number of hydrogen-bond donors (Lipinski definition) is 0. The van der Waals surface area contributed by atoms with Gasteiger partial charge in [0.1, 0.15) is 0 Å². The maximum absolute atomic E-state index is 12.7. The van der Waals surface area contributed by atoms with Crippen LogP contribution in [0.15, 0.2) is 71.7 Å². The van der Waals surface area contributed by atoms with Gasteiger partial charge in [-0.25, -0.2) is 0 Å². The molecule has 0 radical (unpaired) electrons. The molecule has 0 heterocycles. The number of halogens is 1. The number of hydrogen-bond acceptors (Lipinski definition) is 1. The highest BCUT2D eigenvalue weighted by molar-refractivity contribution is 9.10. The van der Waals surface area contributed by atoms with Crippen LogP contribution in [-0.4, -0.2) is 17.4 Å². The van der Waals surface area contributed by atoms with Gasteiger partial charge < -0.3 is 4.90 Å². The van der Waals surface area contributed by atoms with E-state index in [-0.39, 0.29) is 11.9 Å². The van der Waals surface area contributed by atoms with E-state index in [4.69, 9.17) is 0 Å². The summed E-state index contributed by atoms with van der Waals surface area (Å²) < 4.78 is 1.05. The fourth-order valence-corrected chi connectivity index (χ4v) is 3.19. The van der Waals surface area contributed by atoms with Crippen molar-refractivity contribution < 1.29 is 4.79 Å². The molecule has 0 aliphatic rings. The molecule has 0 spiro atoms. The zero-order valence-electron chi connectivity index (χ0n) is 14.8. The van der Waals surface area contributed by atoms with Crippen LogP contribution in [-0.2, 0) is 11.2 Å². The van der Waals surface area contributed by atoms with Crippen molar-refractivity contribution in [1.29, 1.82) is 0 Å². The Bertz CT molecular complexity index is 666. The van der Waals surface area contributed by atoms with Crippen LogP contribution in [0.5, 0.6) is 0 Å². The van der Waals surface area contributed by atoms with Gasteiger partial charge in [-0.05, 0) is 49.4 Å². The van der Waals surface area contributed by atoms with Crippen LogP contribution in [0.25, 0.3) is 0 Å². The van der Waals surface area contributed by atoms with Crippen LogP contribution in [0.1, 0.15) is 43.4 Å². The summed E-state index contributed by atoms with van der Waals surface area (Å²) in [5.74, 6) is 0.198. The van der Waals surface area contributed by atoms with E-state index in [0.29, 0.717) is 6.42 Å². The van der Waals surface area contributed by atoms with Gasteiger partial charge in [0.15, 0.2) is 0 Å². The predicted molar refractivity (Wildman–Crippen MR) is 108 cm³/mol. The third-order valence-electron chi connectivity index (χ3n) is 4.41. The summed E-state index contributed by atoms with van der Waals surface area (Å²) in [6.07, 6.45) is 5.00. The smallest absolute Gasteiger partial charge is 0.223 e. The topological polar surface area (TPSA) is 20.3 Å². The first kappa shape index (κ1) is 19.5. The van der Waals surface area contributed by atoms with Gasteiger partial charge in [-0.15, -0.1) is 6.58 Å². The minimum absolute atomic E-state index is 0.0705. The molecule has 3 heteroatoms. The molecular weight excluding hydrogens is 374 g/mol. The number of amides is 1. The van der Waals surface area contributed by atoms with Crippen LogP contribution in [0.4, 0.5) is 0 Å². The average molecular weight is 400 g/mol. The van der Waals surface area contributed by atoms with Crippen molar-refractivity contribution >= 4 is 21.8 Å². The lowest BCUT2D eigenvalue weighted by Crippen LogP contribution is -2.34. The Morgan fingerprint density at radius 1 is 1.16 bits per heavy atom. The Kier molecular flexibility index (Phi) is 7.93. The summed E-state index contributed by atoms with van der Waals surface area (Å²) in [7, 11) is 0. The van der Waals surface area contributed by atoms with Crippen LogP contribution < -0.4 is 0 Å². The number of allylic oxidation sites excluding steroid dienone is 1. The van der Waals surface area contributed by atoms with Gasteiger partial charge in [-0.3, -0.25) is 4.79 Å². The van der Waals surface area contributed by atoms with Gasteiger partial charge in [-0.2, -0.15) is 0 Å². The summed E-state index contributed by atoms with van der Waals surface area (Å²) in [5.41, 5.74) is 2.48. The minimum Gasteiger partial charge on any atom is -0.336 e. The first-order valence-electron chi connectivity index (χ1n) is 8.81. The lowest BCUT2D eigenvalue weighted by atomic mass is 10.0. The number of aryl methyl sites for hydroxylation is 1. The number of rotatable bonds is 9. The summed E-state index contributed by atoms with van der Waals surface area (Å²) in [6.45, 7) is 6.61. The molecule has 0 aromatic heterocycles. The number of carbonyl (C=O) groups is 1. The molecule has 0 saturated heterocycles. The predicted octanol–water partition coefficient (Wildman–Crippen LogP) is 5.94. The van der Waals surface area contributed by atoms with E-state index in [1.54, 1.807) is 0 Å². The largest absolute Gasteiger partial charge is 0.336 e. The van der Waals surface area contributed by atoms with Crippen LogP contribution >= 0.6 is 15.9 Å².